The summed E-state index contributed by atoms with van der Waals surface area (Å²) in [5, 5.41) is 2.23. The van der Waals surface area contributed by atoms with E-state index in [0.29, 0.717) is 16.9 Å². The molecule has 0 aliphatic heterocycles. The second kappa shape index (κ2) is 9.20. The first kappa shape index (κ1) is 20.3. The fourth-order valence-electron chi connectivity index (χ4n) is 2.48. The minimum absolute atomic E-state index is 0.156. The highest BCUT2D eigenvalue weighted by atomic mass is 32.1. The molecule has 8 heteroatoms. The van der Waals surface area contributed by atoms with Crippen molar-refractivity contribution >= 4 is 28.3 Å². The Hall–Kier alpha value is -3.39. The second-order valence-electron chi connectivity index (χ2n) is 5.87. The number of benzene rings is 2. The molecule has 0 saturated heterocycles. The van der Waals surface area contributed by atoms with E-state index in [1.54, 1.807) is 0 Å². The molecule has 0 unspecified atom stereocenters. The van der Waals surface area contributed by atoms with Crippen LogP contribution in [0.25, 0.3) is 11.3 Å². The van der Waals surface area contributed by atoms with Crippen LogP contribution in [0.15, 0.2) is 66.6 Å². The van der Waals surface area contributed by atoms with Crippen molar-refractivity contribution in [1.29, 1.82) is 0 Å². The van der Waals surface area contributed by atoms with Gasteiger partial charge in [0.05, 0.1) is 11.3 Å². The van der Waals surface area contributed by atoms with Gasteiger partial charge in [0.25, 0.3) is 5.91 Å². The number of hydrogen-bond donors (Lipinski definition) is 0. The van der Waals surface area contributed by atoms with Crippen LogP contribution in [0.4, 0.5) is 13.9 Å². The first-order valence-corrected chi connectivity index (χ1v) is 9.42. The minimum Gasteiger partial charge on any atom is -0.452 e. The number of thiazole rings is 1. The Balaban J connectivity index is 1.71. The molecule has 0 N–H and O–H groups in total. The summed E-state index contributed by atoms with van der Waals surface area (Å²) in [5.41, 5.74) is 1.16. The van der Waals surface area contributed by atoms with Crippen molar-refractivity contribution in [2.24, 2.45) is 0 Å². The highest BCUT2D eigenvalue weighted by molar-refractivity contribution is 7.14. The van der Waals surface area contributed by atoms with Gasteiger partial charge in [0.1, 0.15) is 11.6 Å². The molecule has 1 aromatic heterocycles. The lowest BCUT2D eigenvalue weighted by molar-refractivity contribution is -0.121. The van der Waals surface area contributed by atoms with Crippen LogP contribution >= 0.6 is 11.3 Å². The number of rotatable bonds is 7. The van der Waals surface area contributed by atoms with Gasteiger partial charge in [-0.15, -0.1) is 17.9 Å². The third-order valence-corrected chi connectivity index (χ3v) is 4.75. The van der Waals surface area contributed by atoms with Crippen molar-refractivity contribution in [1.82, 2.24) is 4.98 Å². The molecule has 0 aliphatic carbocycles. The Labute approximate surface area is 169 Å². The molecular formula is C21H16F2N2O3S. The molecule has 29 heavy (non-hydrogen) atoms. The number of hydrogen-bond acceptors (Lipinski definition) is 5. The summed E-state index contributed by atoms with van der Waals surface area (Å²) in [7, 11) is 0. The Morgan fingerprint density at radius 2 is 1.93 bits per heavy atom. The van der Waals surface area contributed by atoms with Crippen molar-refractivity contribution in [3.8, 4) is 11.3 Å². The Kier molecular flexibility index (Phi) is 6.46. The zero-order valence-electron chi connectivity index (χ0n) is 15.2. The number of carbonyl (C=O) groups excluding carboxylic acids is 2. The number of carbonyl (C=O) groups is 2. The summed E-state index contributed by atoms with van der Waals surface area (Å²) in [4.78, 5) is 30.3. The number of anilines is 1. The monoisotopic (exact) mass is 414 g/mol. The standard InChI is InChI=1S/C21H16F2N2O3S/c1-2-10-25(21-24-18(13-29-21)14-6-4-3-5-7-14)19(26)12-28-20(27)16-9-8-15(22)11-17(16)23/h2-9,11,13H,1,10,12H2. The van der Waals surface area contributed by atoms with Crippen LogP contribution < -0.4 is 4.90 Å². The van der Waals surface area contributed by atoms with Gasteiger partial charge in [-0.1, -0.05) is 36.4 Å². The van der Waals surface area contributed by atoms with E-state index in [4.69, 9.17) is 4.74 Å². The average Bonchev–Trinajstić information content (AvgIpc) is 3.20. The molecule has 3 aromatic rings. The molecule has 0 fully saturated rings. The maximum atomic E-state index is 13.7. The SMILES string of the molecule is C=CCN(C(=O)COC(=O)c1ccc(F)cc1F)c1nc(-c2ccccc2)cs1. The summed E-state index contributed by atoms with van der Waals surface area (Å²) in [5.74, 6) is -3.48. The first-order valence-electron chi connectivity index (χ1n) is 8.54. The number of ether oxygens (including phenoxy) is 1. The summed E-state index contributed by atoms with van der Waals surface area (Å²) in [6.45, 7) is 3.16. The largest absolute Gasteiger partial charge is 0.452 e. The number of esters is 1. The lowest BCUT2D eigenvalue weighted by atomic mass is 10.2. The minimum atomic E-state index is -1.06. The maximum Gasteiger partial charge on any atom is 0.341 e. The number of nitrogens with zero attached hydrogens (tertiary/aromatic N) is 2. The quantitative estimate of drug-likeness (QED) is 0.423. The van der Waals surface area contributed by atoms with Gasteiger partial charge in [-0.05, 0) is 12.1 Å². The third-order valence-electron chi connectivity index (χ3n) is 3.88. The van der Waals surface area contributed by atoms with Gasteiger partial charge >= 0.3 is 5.97 Å². The van der Waals surface area contributed by atoms with Gasteiger partial charge in [0.2, 0.25) is 0 Å². The van der Waals surface area contributed by atoms with E-state index in [2.05, 4.69) is 11.6 Å². The Morgan fingerprint density at radius 3 is 2.62 bits per heavy atom. The van der Waals surface area contributed by atoms with Crippen LogP contribution in [0.2, 0.25) is 0 Å². The van der Waals surface area contributed by atoms with Gasteiger partial charge in [0.15, 0.2) is 11.7 Å². The van der Waals surface area contributed by atoms with Crippen LogP contribution in [-0.2, 0) is 9.53 Å². The van der Waals surface area contributed by atoms with E-state index in [-0.39, 0.29) is 6.54 Å². The van der Waals surface area contributed by atoms with Crippen molar-refractivity contribution in [3.05, 3.63) is 83.8 Å². The zero-order chi connectivity index (χ0) is 20.8. The maximum absolute atomic E-state index is 13.7. The summed E-state index contributed by atoms with van der Waals surface area (Å²) in [6.07, 6.45) is 1.52. The van der Waals surface area contributed by atoms with Gasteiger partial charge in [-0.25, -0.2) is 18.6 Å². The van der Waals surface area contributed by atoms with Crippen LogP contribution in [0.3, 0.4) is 0 Å². The number of aromatic nitrogens is 1. The average molecular weight is 414 g/mol. The zero-order valence-corrected chi connectivity index (χ0v) is 16.0. The molecule has 5 nitrogen and oxygen atoms in total. The van der Waals surface area contributed by atoms with Crippen LogP contribution in [0.5, 0.6) is 0 Å². The molecule has 0 atom stereocenters. The first-order chi connectivity index (χ1) is 14.0. The number of halogens is 2. The van der Waals surface area contributed by atoms with E-state index in [0.717, 1.165) is 17.7 Å². The lowest BCUT2D eigenvalue weighted by Crippen LogP contribution is -2.35. The van der Waals surface area contributed by atoms with Crippen molar-refractivity contribution < 1.29 is 23.1 Å². The highest BCUT2D eigenvalue weighted by Gasteiger charge is 2.21. The molecule has 3 rings (SSSR count). The molecule has 0 bridgehead atoms. The van der Waals surface area contributed by atoms with Crippen LogP contribution in [0.1, 0.15) is 10.4 Å². The van der Waals surface area contributed by atoms with Gasteiger partial charge in [-0.2, -0.15) is 0 Å². The van der Waals surface area contributed by atoms with Gasteiger partial charge < -0.3 is 4.74 Å². The lowest BCUT2D eigenvalue weighted by Gasteiger charge is -2.18. The molecule has 0 spiro atoms. The van der Waals surface area contributed by atoms with E-state index in [1.165, 1.54) is 22.3 Å². The normalized spacial score (nSPS) is 10.4. The fourth-order valence-corrected chi connectivity index (χ4v) is 3.34. The van der Waals surface area contributed by atoms with Crippen molar-refractivity contribution in [2.45, 2.75) is 0 Å². The molecule has 1 amide bonds. The van der Waals surface area contributed by atoms with E-state index in [9.17, 15) is 18.4 Å². The van der Waals surface area contributed by atoms with Crippen LogP contribution in [-0.4, -0.2) is 30.0 Å². The van der Waals surface area contributed by atoms with Gasteiger partial charge in [-0.3, -0.25) is 9.69 Å². The molecular weight excluding hydrogens is 398 g/mol. The molecule has 0 saturated carbocycles. The van der Waals surface area contributed by atoms with E-state index >= 15 is 0 Å². The third kappa shape index (κ3) is 4.91. The topological polar surface area (TPSA) is 59.5 Å². The molecule has 2 aromatic carbocycles. The smallest absolute Gasteiger partial charge is 0.341 e. The predicted molar refractivity (Wildman–Crippen MR) is 107 cm³/mol. The summed E-state index contributed by atoms with van der Waals surface area (Å²) < 4.78 is 31.5. The summed E-state index contributed by atoms with van der Waals surface area (Å²) >= 11 is 1.26. The Bertz CT molecular complexity index is 1040. The van der Waals surface area contributed by atoms with E-state index < -0.39 is 35.7 Å². The number of amides is 1. The molecule has 1 heterocycles. The molecule has 148 valence electrons. The van der Waals surface area contributed by atoms with E-state index in [1.807, 2.05) is 35.7 Å². The highest BCUT2D eigenvalue weighted by Crippen LogP contribution is 2.27. The van der Waals surface area contributed by atoms with Crippen molar-refractivity contribution in [3.63, 3.8) is 0 Å². The molecule has 0 aliphatic rings. The summed E-state index contributed by atoms with van der Waals surface area (Å²) in [6, 6.07) is 11.9. The predicted octanol–water partition coefficient (Wildman–Crippen LogP) is 4.46. The van der Waals surface area contributed by atoms with Gasteiger partial charge in [0, 0.05) is 23.6 Å². The molecule has 0 radical (unpaired) electrons. The fraction of sp³-hybridized carbons (Fsp3) is 0.0952. The second-order valence-corrected chi connectivity index (χ2v) is 6.71. The Morgan fingerprint density at radius 1 is 1.17 bits per heavy atom. The van der Waals surface area contributed by atoms with Crippen molar-refractivity contribution in [2.75, 3.05) is 18.1 Å². The van der Waals surface area contributed by atoms with Crippen LogP contribution in [0, 0.1) is 11.6 Å².